The van der Waals surface area contributed by atoms with Gasteiger partial charge < -0.3 is 0 Å². The Bertz CT molecular complexity index is 250. The molecule has 1 saturated carbocycles. The predicted molar refractivity (Wildman–Crippen MR) is 61.7 cm³/mol. The molecule has 1 saturated heterocycles. The zero-order valence-electron chi connectivity index (χ0n) is 10.3. The Hall–Kier alpha value is -0.370. The van der Waals surface area contributed by atoms with Crippen LogP contribution in [0.2, 0.25) is 0 Å². The summed E-state index contributed by atoms with van der Waals surface area (Å²) in [5.41, 5.74) is 0.400. The van der Waals surface area contributed by atoms with E-state index in [0.717, 1.165) is 38.4 Å². The van der Waals surface area contributed by atoms with Gasteiger partial charge in [0.05, 0.1) is 6.54 Å². The van der Waals surface area contributed by atoms with E-state index in [9.17, 15) is 4.79 Å². The Labute approximate surface area is 93.0 Å². The number of likely N-dealkylation sites (tertiary alicyclic amines) is 1. The Morgan fingerprint density at radius 3 is 2.40 bits per heavy atom. The second-order valence-electron chi connectivity index (χ2n) is 6.33. The molecule has 0 amide bonds. The van der Waals surface area contributed by atoms with E-state index in [1.807, 2.05) is 0 Å². The number of hydrogen-bond acceptors (Lipinski definition) is 2. The lowest BCUT2D eigenvalue weighted by Gasteiger charge is -2.27. The number of ketones is 1. The maximum atomic E-state index is 11.7. The van der Waals surface area contributed by atoms with Crippen molar-refractivity contribution in [3.05, 3.63) is 0 Å². The molecular weight excluding hydrogens is 186 g/mol. The second kappa shape index (κ2) is 3.89. The topological polar surface area (TPSA) is 20.3 Å². The Morgan fingerprint density at radius 2 is 1.93 bits per heavy atom. The van der Waals surface area contributed by atoms with Crippen LogP contribution in [-0.4, -0.2) is 30.3 Å². The molecular formula is C13H23NO. The lowest BCUT2D eigenvalue weighted by molar-refractivity contribution is -0.121. The molecule has 0 aromatic carbocycles. The van der Waals surface area contributed by atoms with Crippen molar-refractivity contribution in [1.29, 1.82) is 0 Å². The number of carbonyl (C=O) groups excluding carboxylic acids is 1. The number of carbonyl (C=O) groups is 1. The van der Waals surface area contributed by atoms with Crippen molar-refractivity contribution < 1.29 is 4.79 Å². The highest BCUT2D eigenvalue weighted by atomic mass is 16.1. The molecule has 1 aliphatic carbocycles. The molecule has 1 atom stereocenters. The fraction of sp³-hybridized carbons (Fsp3) is 0.923. The van der Waals surface area contributed by atoms with Crippen LogP contribution in [0.5, 0.6) is 0 Å². The van der Waals surface area contributed by atoms with Gasteiger partial charge >= 0.3 is 0 Å². The van der Waals surface area contributed by atoms with Crippen molar-refractivity contribution >= 4 is 5.78 Å². The molecule has 0 aromatic rings. The maximum absolute atomic E-state index is 11.7. The summed E-state index contributed by atoms with van der Waals surface area (Å²) in [6.07, 6.45) is 3.56. The molecule has 0 bridgehead atoms. The molecule has 86 valence electrons. The molecule has 1 unspecified atom stereocenters. The van der Waals surface area contributed by atoms with Crippen LogP contribution in [-0.2, 0) is 4.79 Å². The minimum absolute atomic E-state index is 0.400. The molecule has 1 aliphatic heterocycles. The number of hydrogen-bond donors (Lipinski definition) is 0. The molecule has 2 aliphatic rings. The minimum atomic E-state index is 0.400. The highest BCUT2D eigenvalue weighted by Gasteiger charge is 2.35. The highest BCUT2D eigenvalue weighted by molar-refractivity contribution is 5.85. The molecule has 0 radical (unpaired) electrons. The Balaban J connectivity index is 1.79. The van der Waals surface area contributed by atoms with E-state index in [-0.39, 0.29) is 0 Å². The molecule has 0 aromatic heterocycles. The molecule has 15 heavy (non-hydrogen) atoms. The first-order valence-electron chi connectivity index (χ1n) is 6.22. The zero-order valence-corrected chi connectivity index (χ0v) is 10.3. The fourth-order valence-electron chi connectivity index (χ4n) is 2.44. The van der Waals surface area contributed by atoms with Gasteiger partial charge in [0.2, 0.25) is 0 Å². The van der Waals surface area contributed by atoms with E-state index in [4.69, 9.17) is 0 Å². The van der Waals surface area contributed by atoms with Gasteiger partial charge in [-0.05, 0) is 37.1 Å². The van der Waals surface area contributed by atoms with E-state index in [1.165, 1.54) is 6.42 Å². The summed E-state index contributed by atoms with van der Waals surface area (Å²) in [6, 6.07) is 0. The first-order valence-corrected chi connectivity index (χ1v) is 6.22. The third-order valence-corrected chi connectivity index (χ3v) is 3.91. The standard InChI is InChI=1S/C13H23NO/c1-13(2,3)11-6-7-14(8-11)9-12(15)10-4-5-10/h10-11H,4-9H2,1-3H3. The normalized spacial score (nSPS) is 28.3. The quantitative estimate of drug-likeness (QED) is 0.711. The summed E-state index contributed by atoms with van der Waals surface area (Å²) in [4.78, 5) is 14.0. The summed E-state index contributed by atoms with van der Waals surface area (Å²) in [5.74, 6) is 1.69. The van der Waals surface area contributed by atoms with Gasteiger partial charge in [0.25, 0.3) is 0 Å². The summed E-state index contributed by atoms with van der Waals surface area (Å²) >= 11 is 0. The van der Waals surface area contributed by atoms with E-state index in [2.05, 4.69) is 25.7 Å². The van der Waals surface area contributed by atoms with Crippen LogP contribution < -0.4 is 0 Å². The zero-order chi connectivity index (χ0) is 11.1. The monoisotopic (exact) mass is 209 g/mol. The van der Waals surface area contributed by atoms with Gasteiger partial charge in [-0.15, -0.1) is 0 Å². The number of rotatable bonds is 3. The van der Waals surface area contributed by atoms with Gasteiger partial charge in [0.15, 0.2) is 0 Å². The largest absolute Gasteiger partial charge is 0.298 e. The van der Waals surface area contributed by atoms with E-state index >= 15 is 0 Å². The Morgan fingerprint density at radius 1 is 1.27 bits per heavy atom. The number of Topliss-reactive ketones (excluding diaryl/α,β-unsaturated/α-hetero) is 1. The SMILES string of the molecule is CC(C)(C)C1CCN(CC(=O)C2CC2)C1. The van der Waals surface area contributed by atoms with Crippen molar-refractivity contribution in [3.8, 4) is 0 Å². The van der Waals surface area contributed by atoms with Crippen molar-refractivity contribution in [1.82, 2.24) is 4.90 Å². The van der Waals surface area contributed by atoms with Gasteiger partial charge in [0.1, 0.15) is 5.78 Å². The smallest absolute Gasteiger partial charge is 0.149 e. The van der Waals surface area contributed by atoms with Crippen LogP contribution in [0.1, 0.15) is 40.0 Å². The summed E-state index contributed by atoms with van der Waals surface area (Å²) < 4.78 is 0. The van der Waals surface area contributed by atoms with Gasteiger partial charge in [-0.25, -0.2) is 0 Å². The van der Waals surface area contributed by atoms with E-state index < -0.39 is 0 Å². The third kappa shape index (κ3) is 2.81. The van der Waals surface area contributed by atoms with Gasteiger partial charge in [0, 0.05) is 12.5 Å². The van der Waals surface area contributed by atoms with Crippen LogP contribution in [0.4, 0.5) is 0 Å². The van der Waals surface area contributed by atoms with Crippen LogP contribution in [0, 0.1) is 17.3 Å². The minimum Gasteiger partial charge on any atom is -0.298 e. The first kappa shape index (κ1) is 11.1. The van der Waals surface area contributed by atoms with Crippen molar-refractivity contribution in [2.24, 2.45) is 17.3 Å². The molecule has 2 rings (SSSR count). The van der Waals surface area contributed by atoms with Crippen LogP contribution >= 0.6 is 0 Å². The summed E-state index contributed by atoms with van der Waals surface area (Å²) in [5, 5.41) is 0. The van der Waals surface area contributed by atoms with Crippen molar-refractivity contribution in [2.45, 2.75) is 40.0 Å². The first-order chi connectivity index (χ1) is 6.97. The average Bonchev–Trinajstić information content (AvgIpc) is 2.86. The molecule has 0 spiro atoms. The summed E-state index contributed by atoms with van der Waals surface area (Å²) in [7, 11) is 0. The third-order valence-electron chi connectivity index (χ3n) is 3.91. The lowest BCUT2D eigenvalue weighted by Crippen LogP contribution is -2.30. The highest BCUT2D eigenvalue weighted by Crippen LogP contribution is 2.35. The molecule has 2 fully saturated rings. The summed E-state index contributed by atoms with van der Waals surface area (Å²) in [6.45, 7) is 9.90. The van der Waals surface area contributed by atoms with Crippen LogP contribution in [0.15, 0.2) is 0 Å². The molecule has 2 heteroatoms. The van der Waals surface area contributed by atoms with Gasteiger partial charge in [-0.1, -0.05) is 20.8 Å². The van der Waals surface area contributed by atoms with E-state index in [0.29, 0.717) is 17.1 Å². The van der Waals surface area contributed by atoms with Crippen molar-refractivity contribution in [2.75, 3.05) is 19.6 Å². The number of nitrogens with zero attached hydrogens (tertiary/aromatic N) is 1. The van der Waals surface area contributed by atoms with Crippen LogP contribution in [0.3, 0.4) is 0 Å². The Kier molecular flexibility index (Phi) is 2.89. The van der Waals surface area contributed by atoms with Gasteiger partial charge in [-0.3, -0.25) is 9.69 Å². The lowest BCUT2D eigenvalue weighted by atomic mass is 9.80. The molecule has 0 N–H and O–H groups in total. The second-order valence-corrected chi connectivity index (χ2v) is 6.33. The fourth-order valence-corrected chi connectivity index (χ4v) is 2.44. The molecule has 1 heterocycles. The molecule has 2 nitrogen and oxygen atoms in total. The van der Waals surface area contributed by atoms with Gasteiger partial charge in [-0.2, -0.15) is 0 Å². The predicted octanol–water partition coefficient (Wildman–Crippen LogP) is 2.33. The van der Waals surface area contributed by atoms with E-state index in [1.54, 1.807) is 0 Å². The van der Waals surface area contributed by atoms with Crippen LogP contribution in [0.25, 0.3) is 0 Å². The van der Waals surface area contributed by atoms with Crippen molar-refractivity contribution in [3.63, 3.8) is 0 Å². The average molecular weight is 209 g/mol. The maximum Gasteiger partial charge on any atom is 0.149 e.